The van der Waals surface area contributed by atoms with E-state index in [2.05, 4.69) is 36.1 Å². The molecule has 0 spiro atoms. The minimum absolute atomic E-state index is 0.402. The summed E-state index contributed by atoms with van der Waals surface area (Å²) in [4.78, 5) is 2.49. The topological polar surface area (TPSA) is 38.5 Å². The lowest BCUT2D eigenvalue weighted by molar-refractivity contribution is 0.205. The summed E-state index contributed by atoms with van der Waals surface area (Å²) in [5, 5.41) is 0. The van der Waals surface area contributed by atoms with Gasteiger partial charge < -0.3 is 10.5 Å². The van der Waals surface area contributed by atoms with Crippen molar-refractivity contribution in [2.24, 2.45) is 5.73 Å². The SMILES string of the molecule is CCCCCOc1cccc(CN2CCC(N)CC2)c1. The highest BCUT2D eigenvalue weighted by Crippen LogP contribution is 2.17. The van der Waals surface area contributed by atoms with E-state index in [1.54, 1.807) is 0 Å². The fourth-order valence-electron chi connectivity index (χ4n) is 2.64. The van der Waals surface area contributed by atoms with Gasteiger partial charge in [0.05, 0.1) is 6.61 Å². The maximum atomic E-state index is 5.95. The van der Waals surface area contributed by atoms with Gasteiger partial charge in [0.1, 0.15) is 5.75 Å². The van der Waals surface area contributed by atoms with E-state index in [1.165, 1.54) is 18.4 Å². The number of ether oxygens (including phenoxy) is 1. The van der Waals surface area contributed by atoms with Crippen molar-refractivity contribution in [2.75, 3.05) is 19.7 Å². The van der Waals surface area contributed by atoms with Crippen LogP contribution in [0.15, 0.2) is 24.3 Å². The highest BCUT2D eigenvalue weighted by molar-refractivity contribution is 5.28. The molecule has 1 aromatic rings. The van der Waals surface area contributed by atoms with Gasteiger partial charge in [-0.05, 0) is 50.0 Å². The van der Waals surface area contributed by atoms with Crippen LogP contribution in [0.2, 0.25) is 0 Å². The molecule has 1 aliphatic heterocycles. The Morgan fingerprint density at radius 3 is 2.80 bits per heavy atom. The van der Waals surface area contributed by atoms with Gasteiger partial charge in [-0.1, -0.05) is 31.9 Å². The molecule has 0 bridgehead atoms. The van der Waals surface area contributed by atoms with Gasteiger partial charge in [0.25, 0.3) is 0 Å². The molecule has 0 saturated carbocycles. The van der Waals surface area contributed by atoms with Gasteiger partial charge >= 0.3 is 0 Å². The van der Waals surface area contributed by atoms with Crippen LogP contribution < -0.4 is 10.5 Å². The van der Waals surface area contributed by atoms with Crippen LogP contribution in [0.4, 0.5) is 0 Å². The Labute approximate surface area is 123 Å². The summed E-state index contributed by atoms with van der Waals surface area (Å²) in [7, 11) is 0. The molecule has 2 N–H and O–H groups in total. The summed E-state index contributed by atoms with van der Waals surface area (Å²) >= 11 is 0. The first-order valence-electron chi connectivity index (χ1n) is 7.97. The molecule has 0 atom stereocenters. The quantitative estimate of drug-likeness (QED) is 0.777. The molecule has 1 heterocycles. The number of unbranched alkanes of at least 4 members (excludes halogenated alkanes) is 2. The molecule has 2 rings (SSSR count). The lowest BCUT2D eigenvalue weighted by Crippen LogP contribution is -2.39. The number of hydrogen-bond acceptors (Lipinski definition) is 3. The molecule has 1 aliphatic rings. The van der Waals surface area contributed by atoms with Gasteiger partial charge in [-0.15, -0.1) is 0 Å². The molecule has 1 fully saturated rings. The third kappa shape index (κ3) is 5.14. The fraction of sp³-hybridized carbons (Fsp3) is 0.647. The number of hydrogen-bond donors (Lipinski definition) is 1. The Morgan fingerprint density at radius 1 is 1.25 bits per heavy atom. The number of piperidine rings is 1. The molecule has 0 aliphatic carbocycles. The third-order valence-corrected chi connectivity index (χ3v) is 3.95. The van der Waals surface area contributed by atoms with E-state index in [9.17, 15) is 0 Å². The average molecular weight is 276 g/mol. The second kappa shape index (κ2) is 8.28. The summed E-state index contributed by atoms with van der Waals surface area (Å²) < 4.78 is 5.82. The van der Waals surface area contributed by atoms with E-state index >= 15 is 0 Å². The van der Waals surface area contributed by atoms with Crippen LogP contribution in [0.3, 0.4) is 0 Å². The summed E-state index contributed by atoms with van der Waals surface area (Å²) in [6.07, 6.45) is 5.86. The molecule has 0 unspecified atom stereocenters. The lowest BCUT2D eigenvalue weighted by Gasteiger charge is -2.30. The van der Waals surface area contributed by atoms with Gasteiger partial charge in [-0.2, -0.15) is 0 Å². The molecule has 1 saturated heterocycles. The zero-order valence-corrected chi connectivity index (χ0v) is 12.7. The summed E-state index contributed by atoms with van der Waals surface area (Å²) in [5.41, 5.74) is 7.29. The first-order chi connectivity index (χ1) is 9.78. The highest BCUT2D eigenvalue weighted by atomic mass is 16.5. The van der Waals surface area contributed by atoms with E-state index in [0.717, 1.165) is 51.3 Å². The van der Waals surface area contributed by atoms with Crippen LogP contribution in [0, 0.1) is 0 Å². The second-order valence-electron chi connectivity index (χ2n) is 5.82. The number of benzene rings is 1. The molecule has 0 amide bonds. The average Bonchev–Trinajstić information content (AvgIpc) is 2.47. The van der Waals surface area contributed by atoms with E-state index in [4.69, 9.17) is 10.5 Å². The molecule has 0 radical (unpaired) electrons. The van der Waals surface area contributed by atoms with Crippen molar-refractivity contribution in [1.82, 2.24) is 4.90 Å². The molecule has 112 valence electrons. The lowest BCUT2D eigenvalue weighted by atomic mass is 10.1. The first-order valence-corrected chi connectivity index (χ1v) is 7.97. The Morgan fingerprint density at radius 2 is 2.05 bits per heavy atom. The van der Waals surface area contributed by atoms with E-state index in [0.29, 0.717) is 6.04 Å². The smallest absolute Gasteiger partial charge is 0.119 e. The van der Waals surface area contributed by atoms with Gasteiger partial charge in [0.15, 0.2) is 0 Å². The Bertz CT molecular complexity index is 386. The van der Waals surface area contributed by atoms with Crippen molar-refractivity contribution in [3.8, 4) is 5.75 Å². The number of rotatable bonds is 7. The van der Waals surface area contributed by atoms with Gasteiger partial charge in [0, 0.05) is 12.6 Å². The normalized spacial score (nSPS) is 17.3. The van der Waals surface area contributed by atoms with Crippen molar-refractivity contribution >= 4 is 0 Å². The molecular weight excluding hydrogens is 248 g/mol. The highest BCUT2D eigenvalue weighted by Gasteiger charge is 2.15. The van der Waals surface area contributed by atoms with Crippen LogP contribution in [0.1, 0.15) is 44.6 Å². The van der Waals surface area contributed by atoms with Crippen molar-refractivity contribution < 1.29 is 4.74 Å². The van der Waals surface area contributed by atoms with Crippen molar-refractivity contribution in [3.05, 3.63) is 29.8 Å². The Balaban J connectivity index is 1.79. The zero-order valence-electron chi connectivity index (χ0n) is 12.7. The van der Waals surface area contributed by atoms with Crippen LogP contribution in [-0.2, 0) is 6.54 Å². The fourth-order valence-corrected chi connectivity index (χ4v) is 2.64. The standard InChI is InChI=1S/C17H28N2O/c1-2-3-4-12-20-17-7-5-6-15(13-17)14-19-10-8-16(18)9-11-19/h5-7,13,16H,2-4,8-12,14,18H2,1H3. The van der Waals surface area contributed by atoms with Crippen molar-refractivity contribution in [3.63, 3.8) is 0 Å². The van der Waals surface area contributed by atoms with E-state index in [1.807, 2.05) is 0 Å². The van der Waals surface area contributed by atoms with Crippen LogP contribution >= 0.6 is 0 Å². The monoisotopic (exact) mass is 276 g/mol. The van der Waals surface area contributed by atoms with Crippen LogP contribution in [0.25, 0.3) is 0 Å². The van der Waals surface area contributed by atoms with Gasteiger partial charge in [-0.3, -0.25) is 4.90 Å². The summed E-state index contributed by atoms with van der Waals surface area (Å²) in [6.45, 7) is 6.28. The minimum atomic E-state index is 0.402. The van der Waals surface area contributed by atoms with Gasteiger partial charge in [-0.25, -0.2) is 0 Å². The van der Waals surface area contributed by atoms with E-state index < -0.39 is 0 Å². The second-order valence-corrected chi connectivity index (χ2v) is 5.82. The first kappa shape index (κ1) is 15.3. The van der Waals surface area contributed by atoms with Crippen molar-refractivity contribution in [1.29, 1.82) is 0 Å². The van der Waals surface area contributed by atoms with Gasteiger partial charge in [0.2, 0.25) is 0 Å². The molecule has 3 nitrogen and oxygen atoms in total. The number of nitrogens with zero attached hydrogens (tertiary/aromatic N) is 1. The maximum Gasteiger partial charge on any atom is 0.119 e. The predicted molar refractivity (Wildman–Crippen MR) is 83.9 cm³/mol. The molecule has 3 heteroatoms. The Hall–Kier alpha value is -1.06. The zero-order chi connectivity index (χ0) is 14.2. The number of nitrogens with two attached hydrogens (primary N) is 1. The third-order valence-electron chi connectivity index (χ3n) is 3.95. The van der Waals surface area contributed by atoms with Crippen molar-refractivity contribution in [2.45, 2.75) is 51.6 Å². The predicted octanol–water partition coefficient (Wildman–Crippen LogP) is 3.18. The van der Waals surface area contributed by atoms with Crippen LogP contribution in [-0.4, -0.2) is 30.6 Å². The van der Waals surface area contributed by atoms with Crippen LogP contribution in [0.5, 0.6) is 5.75 Å². The number of likely N-dealkylation sites (tertiary alicyclic amines) is 1. The largest absolute Gasteiger partial charge is 0.494 e. The van der Waals surface area contributed by atoms with E-state index in [-0.39, 0.29) is 0 Å². The maximum absolute atomic E-state index is 5.95. The molecular formula is C17H28N2O. The molecule has 1 aromatic carbocycles. The minimum Gasteiger partial charge on any atom is -0.494 e. The molecule has 0 aromatic heterocycles. The Kier molecular flexibility index (Phi) is 6.34. The summed E-state index contributed by atoms with van der Waals surface area (Å²) in [5.74, 6) is 1.01. The molecule has 20 heavy (non-hydrogen) atoms. The summed E-state index contributed by atoms with van der Waals surface area (Å²) in [6, 6.07) is 8.93.